The van der Waals surface area contributed by atoms with Crippen molar-refractivity contribution in [2.45, 2.75) is 11.7 Å². The molecule has 118 valence electrons. The lowest BCUT2D eigenvalue weighted by molar-refractivity contribution is -0.385. The molecule has 1 rings (SSSR count). The summed E-state index contributed by atoms with van der Waals surface area (Å²) < 4.78 is 98.0. The summed E-state index contributed by atoms with van der Waals surface area (Å²) in [5.41, 5.74) is -9.01. The number of hydrogen-bond donors (Lipinski definition) is 0. The lowest BCUT2D eigenvalue weighted by Gasteiger charge is -2.11. The average molecular weight is 339 g/mol. The third-order valence-electron chi connectivity index (χ3n) is 1.97. The molecule has 1 aromatic carbocycles. The van der Waals surface area contributed by atoms with Crippen LogP contribution in [0.15, 0.2) is 18.2 Å². The number of alkyl halides is 6. The van der Waals surface area contributed by atoms with Crippen LogP contribution >= 0.6 is 0 Å². The second-order valence-electron chi connectivity index (χ2n) is 3.42. The largest absolute Gasteiger partial charge is 0.534 e. The van der Waals surface area contributed by atoms with E-state index >= 15 is 0 Å². The van der Waals surface area contributed by atoms with Crippen molar-refractivity contribution in [2.75, 3.05) is 0 Å². The van der Waals surface area contributed by atoms with Gasteiger partial charge in [-0.15, -0.1) is 0 Å². The molecule has 0 saturated carbocycles. The molecule has 0 aromatic heterocycles. The van der Waals surface area contributed by atoms with Gasteiger partial charge in [-0.2, -0.15) is 34.8 Å². The summed E-state index contributed by atoms with van der Waals surface area (Å²) >= 11 is 0. The van der Waals surface area contributed by atoms with Crippen LogP contribution in [0.2, 0.25) is 0 Å². The number of nitrogens with zero attached hydrogens (tertiary/aromatic N) is 1. The van der Waals surface area contributed by atoms with Crippen molar-refractivity contribution < 1.29 is 43.9 Å². The van der Waals surface area contributed by atoms with E-state index in [0.717, 1.165) is 0 Å². The first kappa shape index (κ1) is 17.0. The number of halogens is 6. The molecule has 1 aromatic rings. The zero-order chi connectivity index (χ0) is 16.6. The maximum atomic E-state index is 12.3. The Bertz CT molecular complexity index is 665. The van der Waals surface area contributed by atoms with Gasteiger partial charge in [0, 0.05) is 6.07 Å². The number of rotatable bonds is 3. The molecule has 0 amide bonds. The van der Waals surface area contributed by atoms with Crippen LogP contribution in [-0.2, 0) is 16.3 Å². The minimum absolute atomic E-state index is 0.115. The molecule has 0 spiro atoms. The van der Waals surface area contributed by atoms with Gasteiger partial charge in [0.25, 0.3) is 0 Å². The van der Waals surface area contributed by atoms with Gasteiger partial charge in [-0.25, -0.2) is 0 Å². The Balaban J connectivity index is 3.36. The predicted octanol–water partition coefficient (Wildman–Crippen LogP) is 2.84. The Labute approximate surface area is 112 Å². The van der Waals surface area contributed by atoms with Gasteiger partial charge in [0.15, 0.2) is 0 Å². The van der Waals surface area contributed by atoms with Crippen LogP contribution in [-0.4, -0.2) is 18.8 Å². The van der Waals surface area contributed by atoms with E-state index in [9.17, 15) is 44.9 Å². The standard InChI is InChI=1S/C8H3F6NO5S/c9-7(10,11)4-1-2-6(5(3-4)15(16)17)20-21(18,19)8(12,13)14/h1-3H. The van der Waals surface area contributed by atoms with Crippen molar-refractivity contribution in [3.63, 3.8) is 0 Å². The zero-order valence-corrected chi connectivity index (χ0v) is 10.2. The van der Waals surface area contributed by atoms with E-state index in [1.807, 2.05) is 0 Å². The van der Waals surface area contributed by atoms with Crippen molar-refractivity contribution in [3.05, 3.63) is 33.9 Å². The first-order valence-corrected chi connectivity index (χ1v) is 6.03. The molecule has 0 heterocycles. The van der Waals surface area contributed by atoms with E-state index in [2.05, 4.69) is 4.18 Å². The fourth-order valence-electron chi connectivity index (χ4n) is 1.07. The molecule has 0 atom stereocenters. The van der Waals surface area contributed by atoms with Crippen molar-refractivity contribution in [3.8, 4) is 5.75 Å². The van der Waals surface area contributed by atoms with Crippen LogP contribution in [0, 0.1) is 10.1 Å². The lowest BCUT2D eigenvalue weighted by atomic mass is 10.2. The summed E-state index contributed by atoms with van der Waals surface area (Å²) in [5.74, 6) is -1.48. The van der Waals surface area contributed by atoms with Crippen molar-refractivity contribution in [2.24, 2.45) is 0 Å². The van der Waals surface area contributed by atoms with Gasteiger partial charge >= 0.3 is 27.5 Å². The molecule has 0 unspecified atom stereocenters. The summed E-state index contributed by atoms with van der Waals surface area (Å²) in [5, 5.41) is 10.5. The predicted molar refractivity (Wildman–Crippen MR) is 53.7 cm³/mol. The second kappa shape index (κ2) is 5.05. The molecule has 0 aliphatic heterocycles. The van der Waals surface area contributed by atoms with Gasteiger partial charge < -0.3 is 4.18 Å². The normalized spacial score (nSPS) is 13.0. The van der Waals surface area contributed by atoms with E-state index in [0.29, 0.717) is 0 Å². The monoisotopic (exact) mass is 339 g/mol. The van der Waals surface area contributed by atoms with Crippen molar-refractivity contribution in [1.29, 1.82) is 0 Å². The van der Waals surface area contributed by atoms with Gasteiger partial charge in [0.2, 0.25) is 5.75 Å². The third kappa shape index (κ3) is 3.74. The van der Waals surface area contributed by atoms with Gasteiger partial charge in [-0.1, -0.05) is 0 Å². The first-order chi connectivity index (χ1) is 9.25. The highest BCUT2D eigenvalue weighted by molar-refractivity contribution is 7.88. The van der Waals surface area contributed by atoms with Gasteiger partial charge in [-0.3, -0.25) is 10.1 Å². The van der Waals surface area contributed by atoms with Crippen molar-refractivity contribution in [1.82, 2.24) is 0 Å². The number of nitro groups is 1. The van der Waals surface area contributed by atoms with E-state index in [1.165, 1.54) is 0 Å². The molecule has 21 heavy (non-hydrogen) atoms. The Morgan fingerprint density at radius 2 is 1.62 bits per heavy atom. The van der Waals surface area contributed by atoms with E-state index in [1.54, 1.807) is 0 Å². The van der Waals surface area contributed by atoms with E-state index < -0.39 is 43.7 Å². The van der Waals surface area contributed by atoms with Crippen LogP contribution in [0.5, 0.6) is 5.75 Å². The van der Waals surface area contributed by atoms with Crippen LogP contribution in [0.1, 0.15) is 5.56 Å². The molecule has 0 N–H and O–H groups in total. The van der Waals surface area contributed by atoms with Crippen LogP contribution in [0.3, 0.4) is 0 Å². The van der Waals surface area contributed by atoms with Crippen LogP contribution < -0.4 is 4.18 Å². The summed E-state index contributed by atoms with van der Waals surface area (Å²) in [6.45, 7) is 0. The Kier molecular flexibility index (Phi) is 4.09. The fraction of sp³-hybridized carbons (Fsp3) is 0.250. The first-order valence-electron chi connectivity index (χ1n) is 4.62. The van der Waals surface area contributed by atoms with Crippen LogP contribution in [0.25, 0.3) is 0 Å². The summed E-state index contributed by atoms with van der Waals surface area (Å²) in [4.78, 5) is 9.02. The number of benzene rings is 1. The third-order valence-corrected chi connectivity index (χ3v) is 2.93. The Morgan fingerprint density at radius 1 is 1.10 bits per heavy atom. The molecule has 13 heteroatoms. The average Bonchev–Trinajstić information content (AvgIpc) is 2.25. The topological polar surface area (TPSA) is 86.5 Å². The molecule has 0 bridgehead atoms. The van der Waals surface area contributed by atoms with E-state index in [-0.39, 0.29) is 18.2 Å². The minimum atomic E-state index is -6.24. The molecular weight excluding hydrogens is 336 g/mol. The summed E-state index contributed by atoms with van der Waals surface area (Å²) in [6, 6.07) is 0.125. The fourth-order valence-corrected chi connectivity index (χ4v) is 1.54. The van der Waals surface area contributed by atoms with Crippen LogP contribution in [0.4, 0.5) is 32.0 Å². The molecule has 0 aliphatic carbocycles. The SMILES string of the molecule is O=[N+]([O-])c1cc(C(F)(F)F)ccc1OS(=O)(=O)C(F)(F)F. The minimum Gasteiger partial charge on any atom is -0.369 e. The summed E-state index contributed by atoms with van der Waals surface area (Å²) in [6.07, 6.45) is -5.01. The maximum absolute atomic E-state index is 12.3. The lowest BCUT2D eigenvalue weighted by Crippen LogP contribution is -2.28. The summed E-state index contributed by atoms with van der Waals surface area (Å²) in [7, 11) is -6.24. The van der Waals surface area contributed by atoms with E-state index in [4.69, 9.17) is 0 Å². The Morgan fingerprint density at radius 3 is 2.00 bits per heavy atom. The number of nitro benzene ring substituents is 1. The van der Waals surface area contributed by atoms with Gasteiger partial charge in [-0.05, 0) is 12.1 Å². The molecule has 0 fully saturated rings. The molecule has 0 radical (unpaired) electrons. The molecular formula is C8H3F6NO5S. The highest BCUT2D eigenvalue weighted by Crippen LogP contribution is 2.38. The van der Waals surface area contributed by atoms with Crippen molar-refractivity contribution >= 4 is 15.8 Å². The molecule has 0 saturated heterocycles. The highest BCUT2D eigenvalue weighted by atomic mass is 32.2. The van der Waals surface area contributed by atoms with Gasteiger partial charge in [0.05, 0.1) is 10.5 Å². The zero-order valence-electron chi connectivity index (χ0n) is 9.40. The highest BCUT2D eigenvalue weighted by Gasteiger charge is 2.49. The molecule has 0 aliphatic rings. The molecule has 6 nitrogen and oxygen atoms in total. The number of hydrogen-bond acceptors (Lipinski definition) is 5. The smallest absolute Gasteiger partial charge is 0.369 e. The quantitative estimate of drug-likeness (QED) is 0.278. The van der Waals surface area contributed by atoms with Gasteiger partial charge in [0.1, 0.15) is 0 Å². The second-order valence-corrected chi connectivity index (χ2v) is 4.96. The Hall–Kier alpha value is -2.05. The maximum Gasteiger partial charge on any atom is 0.534 e.